The van der Waals surface area contributed by atoms with Gasteiger partial charge in [0.15, 0.2) is 0 Å². The van der Waals surface area contributed by atoms with E-state index in [1.54, 1.807) is 0 Å². The molecule has 0 amide bonds. The molecular weight excluding hydrogens is 506 g/mol. The van der Waals surface area contributed by atoms with E-state index >= 15 is 0 Å². The van der Waals surface area contributed by atoms with Gasteiger partial charge < -0.3 is 14.5 Å². The Balaban J connectivity index is 1.27. The summed E-state index contributed by atoms with van der Waals surface area (Å²) in [6.07, 6.45) is 6.62. The second kappa shape index (κ2) is 13.5. The van der Waals surface area contributed by atoms with Crippen LogP contribution in [0.2, 0.25) is 5.02 Å². The molecule has 0 aromatic heterocycles. The average molecular weight is 548 g/mol. The minimum Gasteiger partial charge on any atom is -0.378 e. The third kappa shape index (κ3) is 7.24. The minimum atomic E-state index is 0.787. The molecule has 39 heavy (non-hydrogen) atoms. The van der Waals surface area contributed by atoms with Gasteiger partial charge in [-0.1, -0.05) is 35.9 Å². The van der Waals surface area contributed by atoms with Crippen molar-refractivity contribution in [1.29, 1.82) is 0 Å². The van der Waals surface area contributed by atoms with Gasteiger partial charge in [0.1, 0.15) is 0 Å². The number of rotatable bonds is 9. The summed E-state index contributed by atoms with van der Waals surface area (Å²) >= 11 is 6.04. The topological polar surface area (TPSA) is 34.5 Å². The van der Waals surface area contributed by atoms with E-state index in [1.807, 2.05) is 12.1 Å². The molecule has 6 nitrogen and oxygen atoms in total. The van der Waals surface area contributed by atoms with Crippen LogP contribution in [0.5, 0.6) is 0 Å². The first kappa shape index (κ1) is 27.8. The number of halogens is 1. The van der Waals surface area contributed by atoms with Crippen LogP contribution in [0.3, 0.4) is 0 Å². The molecule has 2 saturated heterocycles. The summed E-state index contributed by atoms with van der Waals surface area (Å²) in [4.78, 5) is 7.39. The van der Waals surface area contributed by atoms with Crippen LogP contribution >= 0.6 is 11.6 Å². The van der Waals surface area contributed by atoms with Gasteiger partial charge in [-0.05, 0) is 79.3 Å². The quantitative estimate of drug-likeness (QED) is 0.373. The van der Waals surface area contributed by atoms with E-state index in [4.69, 9.17) is 21.4 Å². The monoisotopic (exact) mass is 547 g/mol. The molecule has 0 spiro atoms. The Labute approximate surface area is 239 Å². The lowest BCUT2D eigenvalue weighted by Gasteiger charge is -2.33. The number of hydrogen-bond donors (Lipinski definition) is 0. The highest BCUT2D eigenvalue weighted by molar-refractivity contribution is 6.30. The van der Waals surface area contributed by atoms with Crippen molar-refractivity contribution in [3.63, 3.8) is 0 Å². The van der Waals surface area contributed by atoms with Crippen LogP contribution in [0.4, 0.5) is 5.69 Å². The van der Waals surface area contributed by atoms with Gasteiger partial charge in [0.25, 0.3) is 0 Å². The van der Waals surface area contributed by atoms with Gasteiger partial charge >= 0.3 is 0 Å². The number of morpholine rings is 1. The van der Waals surface area contributed by atoms with Crippen molar-refractivity contribution in [3.8, 4) is 0 Å². The normalized spacial score (nSPS) is 20.0. The van der Waals surface area contributed by atoms with Crippen LogP contribution in [0.1, 0.15) is 37.8 Å². The van der Waals surface area contributed by atoms with Crippen LogP contribution < -0.4 is 4.90 Å². The van der Waals surface area contributed by atoms with Crippen LogP contribution in [0.15, 0.2) is 70.5 Å². The fourth-order valence-electron chi connectivity index (χ4n) is 5.75. The fraction of sp³-hybridized carbons (Fsp3) is 0.469. The second-order valence-electron chi connectivity index (χ2n) is 10.5. The molecule has 2 fully saturated rings. The lowest BCUT2D eigenvalue weighted by Crippen LogP contribution is -2.43. The van der Waals surface area contributed by atoms with E-state index in [9.17, 15) is 0 Å². The van der Waals surface area contributed by atoms with Gasteiger partial charge in [-0.3, -0.25) is 9.91 Å². The Morgan fingerprint density at radius 1 is 0.872 bits per heavy atom. The van der Waals surface area contributed by atoms with Gasteiger partial charge in [-0.2, -0.15) is 5.10 Å². The maximum atomic E-state index is 6.04. The molecule has 3 aliphatic rings. The molecule has 208 valence electrons. The smallest absolute Gasteiger partial charge is 0.0642 e. The Morgan fingerprint density at radius 2 is 1.56 bits per heavy atom. The molecule has 1 aliphatic carbocycles. The summed E-state index contributed by atoms with van der Waals surface area (Å²) < 4.78 is 5.68. The summed E-state index contributed by atoms with van der Waals surface area (Å²) in [7, 11) is 0. The van der Waals surface area contributed by atoms with Gasteiger partial charge in [-0.15, -0.1) is 0 Å². The summed E-state index contributed by atoms with van der Waals surface area (Å²) in [5.41, 5.74) is 8.01. The van der Waals surface area contributed by atoms with Crippen molar-refractivity contribution in [1.82, 2.24) is 14.8 Å². The largest absolute Gasteiger partial charge is 0.378 e. The SMILES string of the molecule is CCN(CC)c1ccc(/C=C2\CCC(/C=N/N3CCN(Cc4ccc(Cl)cc4)CC3)=C2N2CCOCC2)cc1. The van der Waals surface area contributed by atoms with Crippen molar-refractivity contribution in [2.45, 2.75) is 33.2 Å². The maximum Gasteiger partial charge on any atom is 0.0642 e. The molecule has 2 heterocycles. The zero-order valence-electron chi connectivity index (χ0n) is 23.5. The number of benzene rings is 2. The highest BCUT2D eigenvalue weighted by atomic mass is 35.5. The standard InChI is InChI=1S/C32H42ClN5O/c1-3-36(4-2)31-13-7-26(8-14-31)23-28-9-10-29(32(28)37-19-21-39-22-20-37)24-34-38-17-15-35(16-18-38)25-27-5-11-30(33)12-6-27/h5-8,11-14,23-24H,3-4,9-10,15-22,25H2,1-2H3/b28-23+,34-24+. The van der Waals surface area contributed by atoms with E-state index in [0.717, 1.165) is 90.0 Å². The highest BCUT2D eigenvalue weighted by Gasteiger charge is 2.26. The predicted octanol–water partition coefficient (Wildman–Crippen LogP) is 5.75. The second-order valence-corrected chi connectivity index (χ2v) is 10.9. The Morgan fingerprint density at radius 3 is 2.23 bits per heavy atom. The molecule has 0 unspecified atom stereocenters. The molecule has 2 aromatic rings. The van der Waals surface area contributed by atoms with E-state index in [1.165, 1.54) is 33.7 Å². The van der Waals surface area contributed by atoms with Crippen LogP contribution in [0.25, 0.3) is 6.08 Å². The number of hydrogen-bond acceptors (Lipinski definition) is 6. The summed E-state index contributed by atoms with van der Waals surface area (Å²) in [5, 5.41) is 8.00. The van der Waals surface area contributed by atoms with Crippen LogP contribution in [-0.4, -0.2) is 86.6 Å². The van der Waals surface area contributed by atoms with Gasteiger partial charge in [0, 0.05) is 75.3 Å². The molecule has 0 bridgehead atoms. The summed E-state index contributed by atoms with van der Waals surface area (Å²) in [6, 6.07) is 17.2. The third-order valence-electron chi connectivity index (χ3n) is 8.01. The van der Waals surface area contributed by atoms with Gasteiger partial charge in [-0.25, -0.2) is 0 Å². The molecule has 0 radical (unpaired) electrons. The molecular formula is C32H42ClN5O. The van der Waals surface area contributed by atoms with Crippen molar-refractivity contribution in [3.05, 3.63) is 81.5 Å². The van der Waals surface area contributed by atoms with E-state index in [0.29, 0.717) is 0 Å². The fourth-order valence-corrected chi connectivity index (χ4v) is 5.88. The molecule has 2 aliphatic heterocycles. The molecule has 0 atom stereocenters. The molecule has 0 saturated carbocycles. The Kier molecular flexibility index (Phi) is 9.62. The lowest BCUT2D eigenvalue weighted by atomic mass is 10.1. The van der Waals surface area contributed by atoms with Crippen molar-refractivity contribution in [2.24, 2.45) is 5.10 Å². The molecule has 5 rings (SSSR count). The third-order valence-corrected chi connectivity index (χ3v) is 8.26. The van der Waals surface area contributed by atoms with Crippen LogP contribution in [0, 0.1) is 0 Å². The average Bonchev–Trinajstić information content (AvgIpc) is 3.38. The first-order valence-corrected chi connectivity index (χ1v) is 14.9. The number of piperazine rings is 1. The predicted molar refractivity (Wildman–Crippen MR) is 163 cm³/mol. The summed E-state index contributed by atoms with van der Waals surface area (Å²) in [6.45, 7) is 14.8. The Bertz CT molecular complexity index is 1160. The molecule has 7 heteroatoms. The number of anilines is 1. The van der Waals surface area contributed by atoms with Crippen molar-refractivity contribution in [2.75, 3.05) is 70.5 Å². The van der Waals surface area contributed by atoms with Crippen LogP contribution in [-0.2, 0) is 11.3 Å². The van der Waals surface area contributed by atoms with E-state index in [2.05, 4.69) is 82.2 Å². The maximum absolute atomic E-state index is 6.04. The number of nitrogens with zero attached hydrogens (tertiary/aromatic N) is 5. The zero-order chi connectivity index (χ0) is 27.0. The van der Waals surface area contributed by atoms with Crippen molar-refractivity contribution < 1.29 is 4.74 Å². The van der Waals surface area contributed by atoms with E-state index in [-0.39, 0.29) is 0 Å². The Hall–Kier alpha value is -2.80. The zero-order valence-corrected chi connectivity index (χ0v) is 24.2. The summed E-state index contributed by atoms with van der Waals surface area (Å²) in [5.74, 6) is 0. The first-order valence-electron chi connectivity index (χ1n) is 14.5. The number of allylic oxidation sites excluding steroid dienone is 2. The highest BCUT2D eigenvalue weighted by Crippen LogP contribution is 2.35. The number of hydrazone groups is 1. The first-order chi connectivity index (χ1) is 19.1. The van der Waals surface area contributed by atoms with Gasteiger partial charge in [0.05, 0.1) is 19.4 Å². The molecule has 2 aromatic carbocycles. The lowest BCUT2D eigenvalue weighted by molar-refractivity contribution is 0.0548. The van der Waals surface area contributed by atoms with E-state index < -0.39 is 0 Å². The number of ether oxygens (including phenoxy) is 1. The molecule has 0 N–H and O–H groups in total. The van der Waals surface area contributed by atoms with Crippen molar-refractivity contribution >= 4 is 29.6 Å². The minimum absolute atomic E-state index is 0.787. The van der Waals surface area contributed by atoms with Gasteiger partial charge in [0.2, 0.25) is 0 Å².